The minimum Gasteiger partial charge on any atom is -0.493 e. The molecule has 10 nitrogen and oxygen atoms in total. The molecule has 0 amide bonds. The van der Waals surface area contributed by atoms with Crippen LogP contribution in [0.1, 0.15) is 56.0 Å². The Morgan fingerprint density at radius 2 is 1.81 bits per heavy atom. The Morgan fingerprint density at radius 1 is 1.08 bits per heavy atom. The predicted molar refractivity (Wildman–Crippen MR) is 135 cm³/mol. The van der Waals surface area contributed by atoms with Crippen LogP contribution in [0.2, 0.25) is 0 Å². The number of hydrogen-bond acceptors (Lipinski definition) is 10. The van der Waals surface area contributed by atoms with E-state index >= 15 is 0 Å². The van der Waals surface area contributed by atoms with Crippen molar-refractivity contribution in [2.24, 2.45) is 0 Å². The van der Waals surface area contributed by atoms with E-state index in [1.165, 1.54) is 15.9 Å². The van der Waals surface area contributed by atoms with Crippen LogP contribution in [0.15, 0.2) is 32.8 Å². The topological polar surface area (TPSA) is 125 Å². The monoisotopic (exact) mass is 511 g/mol. The van der Waals surface area contributed by atoms with Gasteiger partial charge >= 0.3 is 0 Å². The van der Waals surface area contributed by atoms with Crippen molar-refractivity contribution in [2.45, 2.75) is 53.4 Å². The van der Waals surface area contributed by atoms with E-state index < -0.39 is 11.4 Å². The number of unbranched alkanes of at least 4 members (excludes halogenated alkanes) is 1. The quantitative estimate of drug-likeness (QED) is 0.310. The zero-order valence-corrected chi connectivity index (χ0v) is 21.6. The molecule has 11 heteroatoms. The largest absolute Gasteiger partial charge is 0.493 e. The maximum atomic E-state index is 14.0. The lowest BCUT2D eigenvalue weighted by Gasteiger charge is -2.20. The number of aryl methyl sites for hydroxylation is 2. The van der Waals surface area contributed by atoms with E-state index in [2.05, 4.69) is 20.2 Å². The van der Waals surface area contributed by atoms with Gasteiger partial charge in [0.15, 0.2) is 5.56 Å². The lowest BCUT2D eigenvalue weighted by Crippen LogP contribution is -2.26. The second-order valence-corrected chi connectivity index (χ2v) is 9.04. The number of aromatic nitrogens is 5. The van der Waals surface area contributed by atoms with Crippen LogP contribution in [0.4, 0.5) is 0 Å². The Kier molecular flexibility index (Phi) is 7.99. The molecule has 0 spiro atoms. The average molecular weight is 512 g/mol. The van der Waals surface area contributed by atoms with Crippen LogP contribution in [-0.4, -0.2) is 43.1 Å². The number of benzene rings is 1. The van der Waals surface area contributed by atoms with Crippen molar-refractivity contribution >= 4 is 11.3 Å². The fraction of sp³-hybridized carbons (Fsp3) is 0.400. The first kappa shape index (κ1) is 25.4. The number of para-hydroxylation sites is 1. The molecule has 4 aromatic rings. The summed E-state index contributed by atoms with van der Waals surface area (Å²) in [4.78, 5) is 22.8. The van der Waals surface area contributed by atoms with Gasteiger partial charge in [-0.3, -0.25) is 9.36 Å². The lowest BCUT2D eigenvalue weighted by atomic mass is 10.2. The Balaban J connectivity index is 1.89. The summed E-state index contributed by atoms with van der Waals surface area (Å²) in [6.45, 7) is 8.47. The minimum atomic E-state index is -0.554. The van der Waals surface area contributed by atoms with Gasteiger partial charge in [-0.25, -0.2) is 4.98 Å². The van der Waals surface area contributed by atoms with Gasteiger partial charge in [-0.2, -0.15) is 4.98 Å². The molecule has 4 rings (SSSR count). The molecule has 0 aliphatic carbocycles. The first-order chi connectivity index (χ1) is 17.5. The molecule has 190 valence electrons. The van der Waals surface area contributed by atoms with E-state index in [0.717, 1.165) is 23.5 Å². The van der Waals surface area contributed by atoms with E-state index in [-0.39, 0.29) is 17.3 Å². The molecule has 0 fully saturated rings. The van der Waals surface area contributed by atoms with Crippen LogP contribution in [-0.2, 0) is 12.8 Å². The SMILES string of the molecule is CCCCc1nc(O)c(-c2nnc(Cc3csc(C)n3)o2)c(=O)n1-c1c(OCC)cccc1OCC. The van der Waals surface area contributed by atoms with E-state index in [0.29, 0.717) is 49.1 Å². The zero-order chi connectivity index (χ0) is 25.7. The minimum absolute atomic E-state index is 0.116. The van der Waals surface area contributed by atoms with Crippen molar-refractivity contribution in [1.29, 1.82) is 0 Å². The number of thiazole rings is 1. The summed E-state index contributed by atoms with van der Waals surface area (Å²) in [7, 11) is 0. The first-order valence-corrected chi connectivity index (χ1v) is 12.8. The van der Waals surface area contributed by atoms with Gasteiger partial charge in [-0.15, -0.1) is 21.5 Å². The lowest BCUT2D eigenvalue weighted by molar-refractivity contribution is 0.320. The van der Waals surface area contributed by atoms with Crippen molar-refractivity contribution in [3.63, 3.8) is 0 Å². The molecule has 36 heavy (non-hydrogen) atoms. The molecule has 0 atom stereocenters. The molecular weight excluding hydrogens is 482 g/mol. The zero-order valence-electron chi connectivity index (χ0n) is 20.8. The van der Waals surface area contributed by atoms with Gasteiger partial charge < -0.3 is 19.0 Å². The molecule has 0 radical (unpaired) electrons. The number of hydrogen-bond donors (Lipinski definition) is 1. The van der Waals surface area contributed by atoms with E-state index in [4.69, 9.17) is 13.9 Å². The van der Waals surface area contributed by atoms with E-state index in [9.17, 15) is 9.90 Å². The first-order valence-electron chi connectivity index (χ1n) is 11.9. The molecule has 0 aliphatic rings. The summed E-state index contributed by atoms with van der Waals surface area (Å²) in [5.74, 6) is 1.01. The normalized spacial score (nSPS) is 11.1. The van der Waals surface area contributed by atoms with Gasteiger partial charge in [0.2, 0.25) is 11.8 Å². The van der Waals surface area contributed by atoms with Crippen molar-refractivity contribution in [3.8, 4) is 34.5 Å². The van der Waals surface area contributed by atoms with Crippen LogP contribution < -0.4 is 15.0 Å². The molecule has 0 saturated carbocycles. The van der Waals surface area contributed by atoms with Gasteiger partial charge in [-0.1, -0.05) is 19.4 Å². The fourth-order valence-corrected chi connectivity index (χ4v) is 4.42. The Hall–Kier alpha value is -3.73. The summed E-state index contributed by atoms with van der Waals surface area (Å²) in [6, 6.07) is 5.34. The number of rotatable bonds is 11. The maximum absolute atomic E-state index is 14.0. The van der Waals surface area contributed by atoms with Crippen LogP contribution in [0.25, 0.3) is 17.1 Å². The van der Waals surface area contributed by atoms with Gasteiger partial charge in [0.05, 0.1) is 30.3 Å². The number of nitrogens with zero attached hydrogens (tertiary/aromatic N) is 5. The second kappa shape index (κ2) is 11.3. The van der Waals surface area contributed by atoms with Crippen molar-refractivity contribution in [3.05, 3.63) is 56.3 Å². The van der Waals surface area contributed by atoms with Crippen LogP contribution in [0.5, 0.6) is 17.4 Å². The predicted octanol–water partition coefficient (Wildman–Crippen LogP) is 4.48. The molecule has 0 unspecified atom stereocenters. The number of aromatic hydroxyl groups is 1. The highest BCUT2D eigenvalue weighted by atomic mass is 32.1. The van der Waals surface area contributed by atoms with E-state index in [1.54, 1.807) is 18.2 Å². The molecule has 1 N–H and O–H groups in total. The molecular formula is C25H29N5O5S. The third-order valence-corrected chi connectivity index (χ3v) is 6.17. The van der Waals surface area contributed by atoms with Gasteiger partial charge in [0, 0.05) is 11.8 Å². The maximum Gasteiger partial charge on any atom is 0.275 e. The average Bonchev–Trinajstić information content (AvgIpc) is 3.48. The Morgan fingerprint density at radius 3 is 2.42 bits per heavy atom. The third kappa shape index (κ3) is 5.25. The molecule has 3 heterocycles. The Labute approximate surface area is 212 Å². The molecule has 0 bridgehead atoms. The van der Waals surface area contributed by atoms with E-state index in [1.807, 2.05) is 33.1 Å². The summed E-state index contributed by atoms with van der Waals surface area (Å²) < 4.78 is 18.9. The van der Waals surface area contributed by atoms with Crippen LogP contribution >= 0.6 is 11.3 Å². The van der Waals surface area contributed by atoms with Crippen molar-refractivity contribution in [1.82, 2.24) is 24.7 Å². The Bertz CT molecular complexity index is 1370. The highest BCUT2D eigenvalue weighted by Gasteiger charge is 2.26. The number of ether oxygens (including phenoxy) is 2. The summed E-state index contributed by atoms with van der Waals surface area (Å²) in [5, 5.41) is 21.8. The molecule has 0 saturated heterocycles. The van der Waals surface area contributed by atoms with Gasteiger partial charge in [-0.05, 0) is 39.3 Å². The molecule has 3 aromatic heterocycles. The van der Waals surface area contributed by atoms with Crippen molar-refractivity contribution < 1.29 is 19.0 Å². The van der Waals surface area contributed by atoms with Gasteiger partial charge in [0.1, 0.15) is 23.0 Å². The second-order valence-electron chi connectivity index (χ2n) is 7.98. The van der Waals surface area contributed by atoms with Crippen molar-refractivity contribution in [2.75, 3.05) is 13.2 Å². The standard InChI is InChI=1S/C25H29N5O5S/c1-5-8-12-19-27-23(31)21(24-29-28-20(35-24)13-16-14-36-15(4)26-16)25(32)30(19)22-17(33-6-2)10-9-11-18(22)34-7-3/h9-11,14,31H,5-8,12-13H2,1-4H3. The fourth-order valence-electron chi connectivity index (χ4n) is 3.81. The van der Waals surface area contributed by atoms with Gasteiger partial charge in [0.25, 0.3) is 11.4 Å². The summed E-state index contributed by atoms with van der Waals surface area (Å²) in [6.07, 6.45) is 2.43. The highest BCUT2D eigenvalue weighted by molar-refractivity contribution is 7.09. The summed E-state index contributed by atoms with van der Waals surface area (Å²) in [5.41, 5.74) is 0.469. The highest BCUT2D eigenvalue weighted by Crippen LogP contribution is 2.34. The third-order valence-electron chi connectivity index (χ3n) is 5.35. The smallest absolute Gasteiger partial charge is 0.275 e. The summed E-state index contributed by atoms with van der Waals surface area (Å²) >= 11 is 1.52. The van der Waals surface area contributed by atoms with Crippen LogP contribution in [0, 0.1) is 6.92 Å². The van der Waals surface area contributed by atoms with Crippen LogP contribution in [0.3, 0.4) is 0 Å². The molecule has 1 aromatic carbocycles. The molecule has 0 aliphatic heterocycles.